The minimum atomic E-state index is -0.479. The van der Waals surface area contributed by atoms with Gasteiger partial charge in [0, 0.05) is 7.05 Å². The van der Waals surface area contributed by atoms with Gasteiger partial charge in [0.1, 0.15) is 11.5 Å². The van der Waals surface area contributed by atoms with E-state index >= 15 is 0 Å². The Kier molecular flexibility index (Phi) is 3.91. The van der Waals surface area contributed by atoms with Crippen molar-refractivity contribution in [3.63, 3.8) is 0 Å². The van der Waals surface area contributed by atoms with Gasteiger partial charge < -0.3 is 10.0 Å². The molecule has 5 heteroatoms. The lowest BCUT2D eigenvalue weighted by Crippen LogP contribution is -2.46. The van der Waals surface area contributed by atoms with Crippen molar-refractivity contribution in [2.24, 2.45) is 0 Å². The molecule has 1 amide bonds. The Morgan fingerprint density at radius 2 is 2.17 bits per heavy atom. The van der Waals surface area contributed by atoms with Gasteiger partial charge in [0.2, 0.25) is 0 Å². The van der Waals surface area contributed by atoms with Crippen molar-refractivity contribution in [3.8, 4) is 0 Å². The van der Waals surface area contributed by atoms with Crippen LogP contribution < -0.4 is 0 Å². The van der Waals surface area contributed by atoms with Gasteiger partial charge in [0.05, 0.1) is 18.3 Å². The largest absolute Gasteiger partial charge is 0.391 e. The highest BCUT2D eigenvalue weighted by atomic mass is 19.1. The number of nitrogens with zero attached hydrogens (tertiary/aromatic N) is 2. The molecule has 1 heterocycles. The quantitative estimate of drug-likeness (QED) is 0.869. The minimum absolute atomic E-state index is 0.168. The standard InChI is InChI=1S/C13H17FN2O2/c1-16(11-4-2-3-5-12(11)17)13(18)10-7-6-9(14)8-15-10/h6-8,11-12,17H,2-5H2,1H3. The maximum Gasteiger partial charge on any atom is 0.272 e. The molecule has 0 saturated heterocycles. The predicted molar refractivity (Wildman–Crippen MR) is 64.6 cm³/mol. The monoisotopic (exact) mass is 252 g/mol. The van der Waals surface area contributed by atoms with E-state index in [0.717, 1.165) is 31.9 Å². The SMILES string of the molecule is CN(C(=O)c1ccc(F)cn1)C1CCCCC1O. The van der Waals surface area contributed by atoms with Crippen molar-refractivity contribution in [2.75, 3.05) is 7.05 Å². The van der Waals surface area contributed by atoms with Gasteiger partial charge in [-0.3, -0.25) is 4.79 Å². The van der Waals surface area contributed by atoms with E-state index in [1.54, 1.807) is 7.05 Å². The molecule has 0 aromatic carbocycles. The zero-order chi connectivity index (χ0) is 13.1. The van der Waals surface area contributed by atoms with Gasteiger partial charge in [-0.2, -0.15) is 0 Å². The van der Waals surface area contributed by atoms with E-state index in [2.05, 4.69) is 4.98 Å². The summed E-state index contributed by atoms with van der Waals surface area (Å²) < 4.78 is 12.7. The first-order chi connectivity index (χ1) is 8.59. The lowest BCUT2D eigenvalue weighted by Gasteiger charge is -2.35. The molecule has 1 saturated carbocycles. The first-order valence-corrected chi connectivity index (χ1v) is 6.16. The maximum atomic E-state index is 12.7. The summed E-state index contributed by atoms with van der Waals surface area (Å²) in [5, 5.41) is 9.90. The zero-order valence-corrected chi connectivity index (χ0v) is 10.3. The number of hydrogen-bond donors (Lipinski definition) is 1. The van der Waals surface area contributed by atoms with E-state index in [1.807, 2.05) is 0 Å². The van der Waals surface area contributed by atoms with Gasteiger partial charge in [-0.1, -0.05) is 12.8 Å². The highest BCUT2D eigenvalue weighted by Crippen LogP contribution is 2.23. The molecule has 2 unspecified atom stereocenters. The molecule has 2 rings (SSSR count). The molecule has 1 fully saturated rings. The average Bonchev–Trinajstić information content (AvgIpc) is 2.38. The number of halogens is 1. The van der Waals surface area contributed by atoms with Crippen LogP contribution in [-0.2, 0) is 0 Å². The van der Waals surface area contributed by atoms with E-state index in [9.17, 15) is 14.3 Å². The number of rotatable bonds is 2. The number of pyridine rings is 1. The summed E-state index contributed by atoms with van der Waals surface area (Å²) in [7, 11) is 1.66. The van der Waals surface area contributed by atoms with E-state index < -0.39 is 11.9 Å². The number of amides is 1. The first-order valence-electron chi connectivity index (χ1n) is 6.16. The molecule has 1 aliphatic rings. The van der Waals surface area contributed by atoms with Crippen LogP contribution in [0.4, 0.5) is 4.39 Å². The summed E-state index contributed by atoms with van der Waals surface area (Å²) >= 11 is 0. The number of carbonyl (C=O) groups excluding carboxylic acids is 1. The zero-order valence-electron chi connectivity index (χ0n) is 10.3. The molecule has 2 atom stereocenters. The number of aromatic nitrogens is 1. The van der Waals surface area contributed by atoms with Gasteiger partial charge in [-0.15, -0.1) is 0 Å². The van der Waals surface area contributed by atoms with Gasteiger partial charge in [0.25, 0.3) is 5.91 Å². The summed E-state index contributed by atoms with van der Waals surface area (Å²) in [5.41, 5.74) is 0.205. The van der Waals surface area contributed by atoms with Crippen LogP contribution in [0.15, 0.2) is 18.3 Å². The van der Waals surface area contributed by atoms with Crippen LogP contribution in [0.25, 0.3) is 0 Å². The first kappa shape index (κ1) is 13.0. The summed E-state index contributed by atoms with van der Waals surface area (Å²) in [4.78, 5) is 17.4. The Morgan fingerprint density at radius 3 is 2.78 bits per heavy atom. The second kappa shape index (κ2) is 5.44. The molecule has 0 spiro atoms. The lowest BCUT2D eigenvalue weighted by molar-refractivity contribution is 0.0264. The summed E-state index contributed by atoms with van der Waals surface area (Å²) in [6.45, 7) is 0. The summed E-state index contributed by atoms with van der Waals surface area (Å²) in [6, 6.07) is 2.41. The van der Waals surface area contributed by atoms with Crippen molar-refractivity contribution in [1.82, 2.24) is 9.88 Å². The van der Waals surface area contributed by atoms with Gasteiger partial charge in [-0.25, -0.2) is 9.37 Å². The van der Waals surface area contributed by atoms with Gasteiger partial charge in [-0.05, 0) is 25.0 Å². The Bertz CT molecular complexity index is 422. The fourth-order valence-electron chi connectivity index (χ4n) is 2.38. The number of aliphatic hydroxyl groups excluding tert-OH is 1. The lowest BCUT2D eigenvalue weighted by atomic mass is 9.91. The summed E-state index contributed by atoms with van der Waals surface area (Å²) in [6.07, 6.45) is 4.07. The van der Waals surface area contributed by atoms with E-state index in [-0.39, 0.29) is 17.6 Å². The Morgan fingerprint density at radius 1 is 1.44 bits per heavy atom. The molecular formula is C13H17FN2O2. The van der Waals surface area contributed by atoms with Crippen LogP contribution in [0.2, 0.25) is 0 Å². The van der Waals surface area contributed by atoms with Crippen LogP contribution >= 0.6 is 0 Å². The van der Waals surface area contributed by atoms with Crippen molar-refractivity contribution in [3.05, 3.63) is 29.8 Å². The summed E-state index contributed by atoms with van der Waals surface area (Å²) in [5.74, 6) is -0.743. The fraction of sp³-hybridized carbons (Fsp3) is 0.538. The van der Waals surface area contributed by atoms with Crippen LogP contribution in [0.3, 0.4) is 0 Å². The Balaban J connectivity index is 2.10. The number of hydrogen-bond acceptors (Lipinski definition) is 3. The van der Waals surface area contributed by atoms with Crippen molar-refractivity contribution < 1.29 is 14.3 Å². The smallest absolute Gasteiger partial charge is 0.272 e. The minimum Gasteiger partial charge on any atom is -0.391 e. The molecule has 1 aromatic heterocycles. The molecule has 1 aromatic rings. The van der Waals surface area contributed by atoms with Crippen molar-refractivity contribution in [2.45, 2.75) is 37.8 Å². The van der Waals surface area contributed by atoms with Crippen molar-refractivity contribution in [1.29, 1.82) is 0 Å². The molecule has 1 aliphatic carbocycles. The third-order valence-corrected chi connectivity index (χ3v) is 3.46. The van der Waals surface area contributed by atoms with Crippen LogP contribution in [0.5, 0.6) is 0 Å². The van der Waals surface area contributed by atoms with Crippen LogP contribution in [0, 0.1) is 5.82 Å². The van der Waals surface area contributed by atoms with Gasteiger partial charge >= 0.3 is 0 Å². The number of carbonyl (C=O) groups is 1. The third kappa shape index (κ3) is 2.67. The maximum absolute atomic E-state index is 12.7. The molecule has 0 radical (unpaired) electrons. The van der Waals surface area contributed by atoms with E-state index in [0.29, 0.717) is 0 Å². The second-order valence-corrected chi connectivity index (χ2v) is 4.70. The van der Waals surface area contributed by atoms with Crippen LogP contribution in [0.1, 0.15) is 36.2 Å². The number of likely N-dealkylation sites (N-methyl/N-ethyl adjacent to an activating group) is 1. The molecule has 98 valence electrons. The fourth-order valence-corrected chi connectivity index (χ4v) is 2.38. The average molecular weight is 252 g/mol. The molecule has 0 bridgehead atoms. The Labute approximate surface area is 105 Å². The highest BCUT2D eigenvalue weighted by molar-refractivity contribution is 5.92. The molecule has 4 nitrogen and oxygen atoms in total. The topological polar surface area (TPSA) is 53.4 Å². The van der Waals surface area contributed by atoms with Crippen LogP contribution in [-0.4, -0.2) is 40.1 Å². The van der Waals surface area contributed by atoms with E-state index in [1.165, 1.54) is 17.0 Å². The Hall–Kier alpha value is -1.49. The molecule has 1 N–H and O–H groups in total. The van der Waals surface area contributed by atoms with Gasteiger partial charge in [0.15, 0.2) is 0 Å². The third-order valence-electron chi connectivity index (χ3n) is 3.46. The predicted octanol–water partition coefficient (Wildman–Crippen LogP) is 1.60. The number of aliphatic hydroxyl groups is 1. The van der Waals surface area contributed by atoms with E-state index in [4.69, 9.17) is 0 Å². The molecule has 18 heavy (non-hydrogen) atoms. The molecular weight excluding hydrogens is 235 g/mol. The second-order valence-electron chi connectivity index (χ2n) is 4.70. The van der Waals surface area contributed by atoms with Crippen molar-refractivity contribution >= 4 is 5.91 Å². The highest BCUT2D eigenvalue weighted by Gasteiger charge is 2.30. The molecule has 0 aliphatic heterocycles. The normalized spacial score (nSPS) is 23.7.